The van der Waals surface area contributed by atoms with E-state index < -0.39 is 5.79 Å². The smallest absolute Gasteiger partial charge is 0.191 e. The lowest BCUT2D eigenvalue weighted by molar-refractivity contribution is -0.248. The second-order valence-corrected chi connectivity index (χ2v) is 2.93. The maximum Gasteiger partial charge on any atom is 0.191 e. The summed E-state index contributed by atoms with van der Waals surface area (Å²) < 4.78 is 15.9. The van der Waals surface area contributed by atoms with E-state index in [9.17, 15) is 0 Å². The van der Waals surface area contributed by atoms with Crippen LogP contribution in [-0.4, -0.2) is 32.7 Å². The summed E-state index contributed by atoms with van der Waals surface area (Å²) in [6.45, 7) is 2.73. The Morgan fingerprint density at radius 3 is 2.36 bits per heavy atom. The van der Waals surface area contributed by atoms with E-state index in [1.807, 2.05) is 6.92 Å². The van der Waals surface area contributed by atoms with Gasteiger partial charge in [-0.3, -0.25) is 0 Å². The molecule has 0 aromatic carbocycles. The zero-order valence-corrected chi connectivity index (χ0v) is 7.42. The Morgan fingerprint density at radius 2 is 2.00 bits per heavy atom. The highest BCUT2D eigenvalue weighted by molar-refractivity contribution is 4.78. The van der Waals surface area contributed by atoms with E-state index in [0.29, 0.717) is 0 Å². The third-order valence-corrected chi connectivity index (χ3v) is 2.33. The normalized spacial score (nSPS) is 25.9. The summed E-state index contributed by atoms with van der Waals surface area (Å²) in [5, 5.41) is 0. The van der Waals surface area contributed by atoms with E-state index in [1.165, 1.54) is 0 Å². The molecule has 3 nitrogen and oxygen atoms in total. The van der Waals surface area contributed by atoms with Gasteiger partial charge in [0.25, 0.3) is 0 Å². The van der Waals surface area contributed by atoms with Gasteiger partial charge in [-0.05, 0) is 19.8 Å². The first-order valence-corrected chi connectivity index (χ1v) is 3.95. The average molecular weight is 160 g/mol. The molecule has 0 amide bonds. The fourth-order valence-corrected chi connectivity index (χ4v) is 1.34. The predicted molar refractivity (Wildman–Crippen MR) is 41.4 cm³/mol. The summed E-state index contributed by atoms with van der Waals surface area (Å²) in [6, 6.07) is 0. The molecule has 1 rings (SSSR count). The minimum absolute atomic E-state index is 0.0949. The van der Waals surface area contributed by atoms with Gasteiger partial charge in [0.1, 0.15) is 6.10 Å². The topological polar surface area (TPSA) is 27.7 Å². The first kappa shape index (κ1) is 8.97. The molecule has 3 heteroatoms. The Morgan fingerprint density at radius 1 is 1.36 bits per heavy atom. The summed E-state index contributed by atoms with van der Waals surface area (Å²) in [6.07, 6.45) is 2.23. The van der Waals surface area contributed by atoms with Crippen molar-refractivity contribution in [3.8, 4) is 0 Å². The SMILES string of the molecule is COC(C)(OC)C1CCCO1. The van der Waals surface area contributed by atoms with Gasteiger partial charge in [-0.25, -0.2) is 0 Å². The van der Waals surface area contributed by atoms with E-state index in [4.69, 9.17) is 14.2 Å². The Balaban J connectivity index is 2.52. The largest absolute Gasteiger partial charge is 0.373 e. The van der Waals surface area contributed by atoms with Crippen molar-refractivity contribution in [3.05, 3.63) is 0 Å². The van der Waals surface area contributed by atoms with Crippen LogP contribution in [0, 0.1) is 0 Å². The molecule has 1 fully saturated rings. The predicted octanol–water partition coefficient (Wildman–Crippen LogP) is 1.17. The van der Waals surface area contributed by atoms with Crippen LogP contribution in [0.1, 0.15) is 19.8 Å². The van der Waals surface area contributed by atoms with Gasteiger partial charge < -0.3 is 14.2 Å². The minimum Gasteiger partial charge on any atom is -0.373 e. The second-order valence-electron chi connectivity index (χ2n) is 2.93. The van der Waals surface area contributed by atoms with Gasteiger partial charge in [0.2, 0.25) is 0 Å². The average Bonchev–Trinajstić information content (AvgIpc) is 2.55. The van der Waals surface area contributed by atoms with Crippen molar-refractivity contribution in [1.29, 1.82) is 0 Å². The maximum absolute atomic E-state index is 5.45. The van der Waals surface area contributed by atoms with Gasteiger partial charge in [0.15, 0.2) is 5.79 Å². The molecule has 0 bridgehead atoms. The van der Waals surface area contributed by atoms with E-state index >= 15 is 0 Å². The molecule has 1 saturated heterocycles. The quantitative estimate of drug-likeness (QED) is 0.580. The highest BCUT2D eigenvalue weighted by Gasteiger charge is 2.37. The Kier molecular flexibility index (Phi) is 2.87. The van der Waals surface area contributed by atoms with Crippen molar-refractivity contribution in [2.75, 3.05) is 20.8 Å². The molecule has 66 valence electrons. The van der Waals surface area contributed by atoms with Crippen LogP contribution in [0.2, 0.25) is 0 Å². The van der Waals surface area contributed by atoms with Crippen LogP contribution in [-0.2, 0) is 14.2 Å². The number of hydrogen-bond acceptors (Lipinski definition) is 3. The maximum atomic E-state index is 5.45. The fourth-order valence-electron chi connectivity index (χ4n) is 1.34. The molecule has 1 unspecified atom stereocenters. The van der Waals surface area contributed by atoms with Gasteiger partial charge in [-0.1, -0.05) is 0 Å². The lowest BCUT2D eigenvalue weighted by Crippen LogP contribution is -2.42. The van der Waals surface area contributed by atoms with Crippen molar-refractivity contribution >= 4 is 0 Å². The van der Waals surface area contributed by atoms with Gasteiger partial charge in [0.05, 0.1) is 0 Å². The standard InChI is InChI=1S/C8H16O3/c1-8(9-2,10-3)7-5-4-6-11-7/h7H,4-6H2,1-3H3. The monoisotopic (exact) mass is 160 g/mol. The molecule has 0 aromatic rings. The summed E-state index contributed by atoms with van der Waals surface area (Å²) in [5.74, 6) is -0.559. The lowest BCUT2D eigenvalue weighted by atomic mass is 10.1. The summed E-state index contributed by atoms with van der Waals surface area (Å²) in [4.78, 5) is 0. The Hall–Kier alpha value is -0.120. The van der Waals surface area contributed by atoms with Crippen molar-refractivity contribution < 1.29 is 14.2 Å². The molecule has 1 aliphatic heterocycles. The molecule has 1 atom stereocenters. The van der Waals surface area contributed by atoms with E-state index in [1.54, 1.807) is 14.2 Å². The first-order chi connectivity index (χ1) is 5.23. The van der Waals surface area contributed by atoms with Crippen LogP contribution in [0.15, 0.2) is 0 Å². The fraction of sp³-hybridized carbons (Fsp3) is 1.00. The van der Waals surface area contributed by atoms with Crippen LogP contribution >= 0.6 is 0 Å². The summed E-state index contributed by atoms with van der Waals surface area (Å²) >= 11 is 0. The molecule has 0 N–H and O–H groups in total. The van der Waals surface area contributed by atoms with Crippen LogP contribution in [0.5, 0.6) is 0 Å². The third-order valence-electron chi connectivity index (χ3n) is 2.33. The highest BCUT2D eigenvalue weighted by Crippen LogP contribution is 2.26. The second kappa shape index (κ2) is 3.52. The third kappa shape index (κ3) is 1.72. The van der Waals surface area contributed by atoms with Crippen molar-refractivity contribution in [3.63, 3.8) is 0 Å². The van der Waals surface area contributed by atoms with Crippen LogP contribution < -0.4 is 0 Å². The molecule has 0 spiro atoms. The van der Waals surface area contributed by atoms with Crippen LogP contribution in [0.3, 0.4) is 0 Å². The molecule has 0 aromatic heterocycles. The van der Waals surface area contributed by atoms with Crippen molar-refractivity contribution in [2.24, 2.45) is 0 Å². The van der Waals surface area contributed by atoms with Gasteiger partial charge in [-0.15, -0.1) is 0 Å². The number of hydrogen-bond donors (Lipinski definition) is 0. The van der Waals surface area contributed by atoms with Gasteiger partial charge in [-0.2, -0.15) is 0 Å². The molecule has 1 aliphatic rings. The molecular weight excluding hydrogens is 144 g/mol. The highest BCUT2D eigenvalue weighted by atomic mass is 16.7. The molecule has 1 heterocycles. The number of rotatable bonds is 3. The summed E-state index contributed by atoms with van der Waals surface area (Å²) in [5.41, 5.74) is 0. The molecule has 11 heavy (non-hydrogen) atoms. The molecule has 0 saturated carbocycles. The van der Waals surface area contributed by atoms with Crippen molar-refractivity contribution in [2.45, 2.75) is 31.7 Å². The van der Waals surface area contributed by atoms with Gasteiger partial charge >= 0.3 is 0 Å². The van der Waals surface area contributed by atoms with Crippen molar-refractivity contribution in [1.82, 2.24) is 0 Å². The number of methoxy groups -OCH3 is 2. The lowest BCUT2D eigenvalue weighted by Gasteiger charge is -2.31. The minimum atomic E-state index is -0.559. The van der Waals surface area contributed by atoms with E-state index in [2.05, 4.69) is 0 Å². The zero-order chi connectivity index (χ0) is 8.32. The summed E-state index contributed by atoms with van der Waals surface area (Å²) in [7, 11) is 3.29. The number of ether oxygens (including phenoxy) is 3. The molecule has 0 radical (unpaired) electrons. The Labute approximate surface area is 67.6 Å². The zero-order valence-electron chi connectivity index (χ0n) is 7.42. The molecule has 0 aliphatic carbocycles. The van der Waals surface area contributed by atoms with E-state index in [0.717, 1.165) is 19.4 Å². The Bertz CT molecular complexity index is 115. The van der Waals surface area contributed by atoms with Crippen LogP contribution in [0.4, 0.5) is 0 Å². The van der Waals surface area contributed by atoms with Gasteiger partial charge in [0, 0.05) is 20.8 Å². The first-order valence-electron chi connectivity index (χ1n) is 3.95. The van der Waals surface area contributed by atoms with Crippen LogP contribution in [0.25, 0.3) is 0 Å². The van der Waals surface area contributed by atoms with E-state index in [-0.39, 0.29) is 6.10 Å². The molecular formula is C8H16O3.